The van der Waals surface area contributed by atoms with Crippen LogP contribution in [0, 0.1) is 14.9 Å². The Hall–Kier alpha value is -0.960. The van der Waals surface area contributed by atoms with Gasteiger partial charge in [-0.1, -0.05) is 0 Å². The van der Waals surface area contributed by atoms with Crippen molar-refractivity contribution >= 4 is 22.6 Å². The molecule has 0 heterocycles. The lowest BCUT2D eigenvalue weighted by Gasteiger charge is -2.09. The van der Waals surface area contributed by atoms with Gasteiger partial charge in [-0.15, -0.1) is 0 Å². The Labute approximate surface area is 96.8 Å². The van der Waals surface area contributed by atoms with Gasteiger partial charge in [0.05, 0.1) is 30.3 Å². The van der Waals surface area contributed by atoms with Gasteiger partial charge in [0.1, 0.15) is 11.5 Å². The van der Waals surface area contributed by atoms with E-state index in [2.05, 4.69) is 28.7 Å². The Morgan fingerprint density at radius 2 is 1.93 bits per heavy atom. The van der Waals surface area contributed by atoms with Gasteiger partial charge >= 0.3 is 0 Å². The highest BCUT2D eigenvalue weighted by atomic mass is 127. The van der Waals surface area contributed by atoms with Crippen LogP contribution < -0.4 is 9.47 Å². The third-order valence-electron chi connectivity index (χ3n) is 1.82. The standard InChI is InChI=1S/C10H10INO2/c1-13-9-6-10(14-2)8(11)5-7(9)3-4-12/h5-6H,3H2,1-2H3. The molecule has 0 aliphatic carbocycles. The average molecular weight is 303 g/mol. The highest BCUT2D eigenvalue weighted by Crippen LogP contribution is 2.30. The third kappa shape index (κ3) is 2.29. The molecule has 1 aromatic rings. The summed E-state index contributed by atoms with van der Waals surface area (Å²) in [4.78, 5) is 0. The summed E-state index contributed by atoms with van der Waals surface area (Å²) >= 11 is 2.17. The summed E-state index contributed by atoms with van der Waals surface area (Å²) in [6.07, 6.45) is 0.350. The zero-order chi connectivity index (χ0) is 10.6. The molecule has 1 aromatic carbocycles. The maximum atomic E-state index is 8.62. The molecule has 3 nitrogen and oxygen atoms in total. The van der Waals surface area contributed by atoms with Crippen molar-refractivity contribution < 1.29 is 9.47 Å². The Balaban J connectivity index is 3.18. The van der Waals surface area contributed by atoms with E-state index < -0.39 is 0 Å². The second-order valence-corrected chi connectivity index (χ2v) is 3.80. The molecule has 0 radical (unpaired) electrons. The minimum absolute atomic E-state index is 0.350. The summed E-state index contributed by atoms with van der Waals surface area (Å²) in [5.74, 6) is 1.47. The van der Waals surface area contributed by atoms with E-state index in [1.165, 1.54) is 0 Å². The molecule has 0 unspecified atom stereocenters. The monoisotopic (exact) mass is 303 g/mol. The Kier molecular flexibility index (Phi) is 4.01. The predicted octanol–water partition coefficient (Wildman–Crippen LogP) is 2.37. The van der Waals surface area contributed by atoms with Crippen molar-refractivity contribution in [2.45, 2.75) is 6.42 Å². The highest BCUT2D eigenvalue weighted by molar-refractivity contribution is 14.1. The van der Waals surface area contributed by atoms with Gasteiger partial charge in [0.15, 0.2) is 0 Å². The third-order valence-corrected chi connectivity index (χ3v) is 2.67. The topological polar surface area (TPSA) is 42.2 Å². The average Bonchev–Trinajstić information content (AvgIpc) is 2.19. The number of nitriles is 1. The number of rotatable bonds is 3. The summed E-state index contributed by atoms with van der Waals surface area (Å²) in [7, 11) is 3.20. The second kappa shape index (κ2) is 5.05. The largest absolute Gasteiger partial charge is 0.496 e. The summed E-state index contributed by atoms with van der Waals surface area (Å²) in [5.41, 5.74) is 0.889. The van der Waals surface area contributed by atoms with Gasteiger partial charge in [-0.05, 0) is 28.7 Å². The molecule has 0 N–H and O–H groups in total. The summed E-state index contributed by atoms with van der Waals surface area (Å²) in [6.45, 7) is 0. The van der Waals surface area contributed by atoms with Gasteiger partial charge in [-0.2, -0.15) is 5.26 Å². The van der Waals surface area contributed by atoms with Crippen molar-refractivity contribution in [2.75, 3.05) is 14.2 Å². The zero-order valence-corrected chi connectivity index (χ0v) is 10.2. The van der Waals surface area contributed by atoms with Crippen LogP contribution >= 0.6 is 22.6 Å². The first-order valence-corrected chi connectivity index (χ1v) is 5.08. The number of ether oxygens (including phenoxy) is 2. The smallest absolute Gasteiger partial charge is 0.135 e. The minimum atomic E-state index is 0.350. The molecule has 14 heavy (non-hydrogen) atoms. The zero-order valence-electron chi connectivity index (χ0n) is 8.00. The minimum Gasteiger partial charge on any atom is -0.496 e. The first-order valence-electron chi connectivity index (χ1n) is 4.00. The number of methoxy groups -OCH3 is 2. The fraction of sp³-hybridized carbons (Fsp3) is 0.300. The predicted molar refractivity (Wildman–Crippen MR) is 61.6 cm³/mol. The lowest BCUT2D eigenvalue weighted by atomic mass is 10.1. The Morgan fingerprint density at radius 3 is 2.43 bits per heavy atom. The van der Waals surface area contributed by atoms with Crippen LogP contribution in [0.25, 0.3) is 0 Å². The maximum Gasteiger partial charge on any atom is 0.135 e. The summed E-state index contributed by atoms with van der Waals surface area (Å²) < 4.78 is 11.3. The van der Waals surface area contributed by atoms with Gasteiger partial charge in [-0.3, -0.25) is 0 Å². The lowest BCUT2D eigenvalue weighted by molar-refractivity contribution is 0.390. The maximum absolute atomic E-state index is 8.62. The first-order chi connectivity index (χ1) is 6.72. The van der Waals surface area contributed by atoms with Crippen LogP contribution in [0.4, 0.5) is 0 Å². The van der Waals surface area contributed by atoms with E-state index in [4.69, 9.17) is 14.7 Å². The van der Waals surface area contributed by atoms with Crippen LogP contribution in [0.3, 0.4) is 0 Å². The van der Waals surface area contributed by atoms with Crippen LogP contribution in [-0.4, -0.2) is 14.2 Å². The molecule has 0 bridgehead atoms. The van der Waals surface area contributed by atoms with E-state index in [1.54, 1.807) is 20.3 Å². The van der Waals surface area contributed by atoms with Crippen molar-refractivity contribution in [3.8, 4) is 17.6 Å². The van der Waals surface area contributed by atoms with Crippen LogP contribution in [-0.2, 0) is 6.42 Å². The molecule has 4 heteroatoms. The fourth-order valence-electron chi connectivity index (χ4n) is 1.15. The van der Waals surface area contributed by atoms with E-state index in [9.17, 15) is 0 Å². The molecule has 0 spiro atoms. The molecule has 0 amide bonds. The number of nitrogens with zero attached hydrogens (tertiary/aromatic N) is 1. The van der Waals surface area contributed by atoms with E-state index in [0.717, 1.165) is 14.9 Å². The number of halogens is 1. The van der Waals surface area contributed by atoms with Crippen LogP contribution in [0.15, 0.2) is 12.1 Å². The van der Waals surface area contributed by atoms with E-state index in [1.807, 2.05) is 6.07 Å². The molecule has 0 aromatic heterocycles. The normalized spacial score (nSPS) is 9.29. The van der Waals surface area contributed by atoms with Crippen LogP contribution in [0.2, 0.25) is 0 Å². The fourth-order valence-corrected chi connectivity index (χ4v) is 1.90. The van der Waals surface area contributed by atoms with E-state index >= 15 is 0 Å². The van der Waals surface area contributed by atoms with Gasteiger partial charge in [-0.25, -0.2) is 0 Å². The molecule has 1 rings (SSSR count). The second-order valence-electron chi connectivity index (χ2n) is 2.63. The van der Waals surface area contributed by atoms with Gasteiger partial charge in [0, 0.05) is 11.6 Å². The summed E-state index contributed by atoms with van der Waals surface area (Å²) in [6, 6.07) is 5.80. The molecular weight excluding hydrogens is 293 g/mol. The lowest BCUT2D eigenvalue weighted by Crippen LogP contribution is -1.95. The van der Waals surface area contributed by atoms with Gasteiger partial charge in [0.2, 0.25) is 0 Å². The summed E-state index contributed by atoms with van der Waals surface area (Å²) in [5, 5.41) is 8.62. The Bertz CT molecular complexity index is 371. The molecule has 0 atom stereocenters. The van der Waals surface area contributed by atoms with Crippen molar-refractivity contribution in [1.82, 2.24) is 0 Å². The molecule has 0 saturated heterocycles. The van der Waals surface area contributed by atoms with Crippen molar-refractivity contribution in [1.29, 1.82) is 5.26 Å². The molecule has 0 saturated carbocycles. The van der Waals surface area contributed by atoms with Crippen LogP contribution in [0.5, 0.6) is 11.5 Å². The molecule has 0 fully saturated rings. The van der Waals surface area contributed by atoms with Gasteiger partial charge < -0.3 is 9.47 Å². The van der Waals surface area contributed by atoms with E-state index in [0.29, 0.717) is 12.2 Å². The van der Waals surface area contributed by atoms with Crippen molar-refractivity contribution in [3.05, 3.63) is 21.3 Å². The molecule has 0 aliphatic heterocycles. The molecule has 0 aliphatic rings. The quantitative estimate of drug-likeness (QED) is 0.805. The molecular formula is C10H10INO2. The SMILES string of the molecule is COc1cc(OC)c(CC#N)cc1I. The highest BCUT2D eigenvalue weighted by Gasteiger charge is 2.08. The number of benzene rings is 1. The van der Waals surface area contributed by atoms with Crippen molar-refractivity contribution in [2.24, 2.45) is 0 Å². The van der Waals surface area contributed by atoms with E-state index in [-0.39, 0.29) is 0 Å². The van der Waals surface area contributed by atoms with Gasteiger partial charge in [0.25, 0.3) is 0 Å². The first kappa shape index (κ1) is 11.1. The van der Waals surface area contributed by atoms with Crippen LogP contribution in [0.1, 0.15) is 5.56 Å². The van der Waals surface area contributed by atoms with Crippen molar-refractivity contribution in [3.63, 3.8) is 0 Å². The molecule has 74 valence electrons. The Morgan fingerprint density at radius 1 is 1.29 bits per heavy atom. The number of hydrogen-bond acceptors (Lipinski definition) is 3. The number of hydrogen-bond donors (Lipinski definition) is 0.